The van der Waals surface area contributed by atoms with Crippen LogP contribution in [-0.4, -0.2) is 45.7 Å². The topological polar surface area (TPSA) is 114 Å². The van der Waals surface area contributed by atoms with Crippen molar-refractivity contribution in [3.8, 4) is 23.0 Å². The monoisotopic (exact) mass is 728 g/mol. The Morgan fingerprint density at radius 1 is 0.863 bits per heavy atom. The molecule has 0 saturated carbocycles. The Hall–Kier alpha value is -5.30. The maximum absolute atomic E-state index is 13.7. The van der Waals surface area contributed by atoms with Gasteiger partial charge in [0, 0.05) is 18.9 Å². The van der Waals surface area contributed by atoms with Crippen LogP contribution in [0.5, 0.6) is 23.0 Å². The molecule has 1 heterocycles. The van der Waals surface area contributed by atoms with Crippen molar-refractivity contribution in [2.24, 2.45) is 0 Å². The molecule has 0 unspecified atom stereocenters. The van der Waals surface area contributed by atoms with Gasteiger partial charge >= 0.3 is 18.2 Å². The van der Waals surface area contributed by atoms with Crippen molar-refractivity contribution in [2.75, 3.05) is 0 Å². The summed E-state index contributed by atoms with van der Waals surface area (Å²) >= 11 is 5.81. The third-order valence-electron chi connectivity index (χ3n) is 7.76. The van der Waals surface area contributed by atoms with Crippen LogP contribution in [0.3, 0.4) is 0 Å². The molecule has 14 heteroatoms. The average molecular weight is 729 g/mol. The summed E-state index contributed by atoms with van der Waals surface area (Å²) in [6.45, 7) is 4.91. The number of carboxylic acids is 1. The fourth-order valence-electron chi connectivity index (χ4n) is 5.29. The Bertz CT molecular complexity index is 1910. The van der Waals surface area contributed by atoms with Gasteiger partial charge in [0.2, 0.25) is 5.91 Å². The first-order valence-corrected chi connectivity index (χ1v) is 16.0. The first kappa shape index (κ1) is 37.0. The molecule has 51 heavy (non-hydrogen) atoms. The second-order valence-electron chi connectivity index (χ2n) is 12.8. The molecule has 5 rings (SSSR count). The number of carboxylic acid groups (broad SMARTS) is 1. The van der Waals surface area contributed by atoms with E-state index in [2.05, 4.69) is 5.32 Å². The average Bonchev–Trinajstić information content (AvgIpc) is 3.05. The Kier molecular flexibility index (Phi) is 10.8. The van der Waals surface area contributed by atoms with Crippen LogP contribution in [0.1, 0.15) is 43.0 Å². The van der Waals surface area contributed by atoms with Crippen molar-refractivity contribution < 1.29 is 51.3 Å². The molecule has 0 spiro atoms. The van der Waals surface area contributed by atoms with E-state index >= 15 is 0 Å². The Morgan fingerprint density at radius 3 is 2.00 bits per heavy atom. The molecule has 268 valence electrons. The highest BCUT2D eigenvalue weighted by Gasteiger charge is 2.38. The number of fused-ring (bicyclic) bond motifs is 1. The standard InChI is InChI=1S/C37H33ClF4N2O7/c1-36(2,3)51-35(48)44-20-23-17-27(49-26-12-7-24(8-13-26)37(40,41)42)11-6-22(23)18-32(44)33(45)43-31(34(46)47)16-21-4-9-25(10-5-21)50-28-14-15-30(39)29(38)19-28/h4-15,17,19,31-32H,16,18,20H2,1-3H3,(H,43,45)(H,46,47)/t31-,32-/m0/s1. The van der Waals surface area contributed by atoms with Gasteiger partial charge in [-0.05, 0) is 98.1 Å². The van der Waals surface area contributed by atoms with Crippen LogP contribution in [0.4, 0.5) is 22.4 Å². The Balaban J connectivity index is 1.31. The van der Waals surface area contributed by atoms with Gasteiger partial charge in [0.15, 0.2) is 0 Å². The highest BCUT2D eigenvalue weighted by atomic mass is 35.5. The van der Waals surface area contributed by atoms with Gasteiger partial charge in [-0.2, -0.15) is 13.2 Å². The lowest BCUT2D eigenvalue weighted by molar-refractivity contribution is -0.142. The molecule has 1 aliphatic heterocycles. The van der Waals surface area contributed by atoms with Gasteiger partial charge in [0.1, 0.15) is 46.5 Å². The fraction of sp³-hybridized carbons (Fsp3) is 0.270. The summed E-state index contributed by atoms with van der Waals surface area (Å²) in [5.74, 6) is -1.45. The van der Waals surface area contributed by atoms with Gasteiger partial charge in [0.25, 0.3) is 0 Å². The van der Waals surface area contributed by atoms with Crippen molar-refractivity contribution >= 4 is 29.6 Å². The Labute approximate surface area is 295 Å². The zero-order chi connectivity index (χ0) is 37.1. The number of benzene rings is 4. The molecule has 2 amide bonds. The lowest BCUT2D eigenvalue weighted by atomic mass is 9.93. The molecule has 1 aliphatic rings. The number of carbonyl (C=O) groups is 3. The van der Waals surface area contributed by atoms with Crippen LogP contribution in [0, 0.1) is 5.82 Å². The minimum Gasteiger partial charge on any atom is -0.480 e. The maximum Gasteiger partial charge on any atom is 0.416 e. The predicted molar refractivity (Wildman–Crippen MR) is 178 cm³/mol. The molecule has 9 nitrogen and oxygen atoms in total. The van der Waals surface area contributed by atoms with E-state index in [1.807, 2.05) is 0 Å². The summed E-state index contributed by atoms with van der Waals surface area (Å²) in [6, 6.07) is 16.9. The van der Waals surface area contributed by atoms with E-state index in [1.54, 1.807) is 63.2 Å². The van der Waals surface area contributed by atoms with Gasteiger partial charge in [-0.1, -0.05) is 29.8 Å². The first-order valence-electron chi connectivity index (χ1n) is 15.7. The van der Waals surface area contributed by atoms with E-state index in [-0.39, 0.29) is 30.2 Å². The van der Waals surface area contributed by atoms with Gasteiger partial charge in [-0.3, -0.25) is 9.69 Å². The SMILES string of the molecule is CC(C)(C)OC(=O)N1Cc2cc(Oc3ccc(C(F)(F)F)cc3)ccc2C[C@H]1C(=O)N[C@@H](Cc1ccc(Oc2ccc(F)c(Cl)c2)cc1)C(=O)O. The lowest BCUT2D eigenvalue weighted by Crippen LogP contribution is -2.56. The summed E-state index contributed by atoms with van der Waals surface area (Å²) < 4.78 is 69.4. The van der Waals surface area contributed by atoms with Gasteiger partial charge in [-0.25, -0.2) is 14.0 Å². The summed E-state index contributed by atoms with van der Waals surface area (Å²) in [7, 11) is 0. The van der Waals surface area contributed by atoms with Crippen LogP contribution in [0.15, 0.2) is 84.9 Å². The lowest BCUT2D eigenvalue weighted by Gasteiger charge is -2.37. The number of halogens is 5. The summed E-state index contributed by atoms with van der Waals surface area (Å²) in [5.41, 5.74) is 0.119. The summed E-state index contributed by atoms with van der Waals surface area (Å²) in [5, 5.41) is 12.5. The number of nitrogens with one attached hydrogen (secondary N) is 1. The molecule has 0 fully saturated rings. The van der Waals surface area contributed by atoms with Crippen LogP contribution in [-0.2, 0) is 39.9 Å². The van der Waals surface area contributed by atoms with Crippen LogP contribution in [0.2, 0.25) is 5.02 Å². The maximum atomic E-state index is 13.7. The van der Waals surface area contributed by atoms with Crippen LogP contribution in [0.25, 0.3) is 0 Å². The van der Waals surface area contributed by atoms with E-state index in [1.165, 1.54) is 35.2 Å². The molecule has 0 aliphatic carbocycles. The zero-order valence-corrected chi connectivity index (χ0v) is 28.3. The first-order chi connectivity index (χ1) is 23.9. The molecule has 0 aromatic heterocycles. The second kappa shape index (κ2) is 14.9. The van der Waals surface area contributed by atoms with E-state index in [0.29, 0.717) is 33.9 Å². The molecule has 2 N–H and O–H groups in total. The van der Waals surface area contributed by atoms with Crippen molar-refractivity contribution in [1.29, 1.82) is 0 Å². The van der Waals surface area contributed by atoms with Crippen molar-refractivity contribution in [3.05, 3.63) is 118 Å². The normalized spacial score (nSPS) is 15.0. The van der Waals surface area contributed by atoms with Crippen molar-refractivity contribution in [2.45, 2.75) is 64.0 Å². The smallest absolute Gasteiger partial charge is 0.416 e. The quantitative estimate of drug-likeness (QED) is 0.166. The molecule has 4 aromatic rings. The third-order valence-corrected chi connectivity index (χ3v) is 8.05. The molecule has 4 aromatic carbocycles. The second-order valence-corrected chi connectivity index (χ2v) is 13.2. The van der Waals surface area contributed by atoms with E-state index in [9.17, 15) is 37.1 Å². The molecular weight excluding hydrogens is 696 g/mol. The Morgan fingerprint density at radius 2 is 1.43 bits per heavy atom. The van der Waals surface area contributed by atoms with Gasteiger partial charge < -0.3 is 24.6 Å². The van der Waals surface area contributed by atoms with Crippen molar-refractivity contribution in [1.82, 2.24) is 10.2 Å². The van der Waals surface area contributed by atoms with Gasteiger partial charge in [-0.15, -0.1) is 0 Å². The number of amides is 2. The molecule has 0 bridgehead atoms. The molecule has 2 atom stereocenters. The molecule has 0 radical (unpaired) electrons. The number of carbonyl (C=O) groups excluding carboxylic acids is 2. The van der Waals surface area contributed by atoms with Crippen molar-refractivity contribution in [3.63, 3.8) is 0 Å². The number of nitrogens with zero attached hydrogens (tertiary/aromatic N) is 1. The molecular formula is C37H33ClF4N2O7. The minimum absolute atomic E-state index is 0.0206. The zero-order valence-electron chi connectivity index (χ0n) is 27.6. The number of hydrogen-bond acceptors (Lipinski definition) is 6. The summed E-state index contributed by atoms with van der Waals surface area (Å²) in [4.78, 5) is 40.6. The van der Waals surface area contributed by atoms with E-state index in [4.69, 9.17) is 25.8 Å². The number of aliphatic carboxylic acids is 1. The van der Waals surface area contributed by atoms with Crippen LogP contribution >= 0.6 is 11.6 Å². The number of ether oxygens (including phenoxy) is 3. The van der Waals surface area contributed by atoms with Crippen LogP contribution < -0.4 is 14.8 Å². The van der Waals surface area contributed by atoms with Gasteiger partial charge in [0.05, 0.1) is 17.1 Å². The third kappa shape index (κ3) is 9.69. The highest BCUT2D eigenvalue weighted by Crippen LogP contribution is 2.34. The fourth-order valence-corrected chi connectivity index (χ4v) is 5.46. The number of alkyl halides is 3. The minimum atomic E-state index is -4.49. The number of hydrogen-bond donors (Lipinski definition) is 2. The highest BCUT2D eigenvalue weighted by molar-refractivity contribution is 6.30. The van der Waals surface area contributed by atoms with E-state index < -0.39 is 53.2 Å². The molecule has 0 saturated heterocycles. The largest absolute Gasteiger partial charge is 0.480 e. The van der Waals surface area contributed by atoms with E-state index in [0.717, 1.165) is 12.1 Å². The predicted octanol–water partition coefficient (Wildman–Crippen LogP) is 8.56. The number of rotatable bonds is 9. The summed E-state index contributed by atoms with van der Waals surface area (Å²) in [6.07, 6.45) is -5.36.